The molecular formula is C16H15F. The summed E-state index contributed by atoms with van der Waals surface area (Å²) in [6, 6.07) is 8.17. The van der Waals surface area contributed by atoms with Crippen LogP contribution in [0.2, 0.25) is 0 Å². The standard InChI is InChI=1S/C16H15F/c1-9-4-6-12-13-7-5-10(2)16(17)15(13)8-14(12)11(9)3/h4-7H,8H2,1-3H3. The molecule has 0 aliphatic heterocycles. The minimum absolute atomic E-state index is 0.0317. The lowest BCUT2D eigenvalue weighted by Gasteiger charge is -2.07. The SMILES string of the molecule is Cc1ccc2c(c1C)Cc1c-2ccc(C)c1F. The number of aryl methyl sites for hydroxylation is 2. The molecule has 0 radical (unpaired) electrons. The molecule has 2 aromatic carbocycles. The first kappa shape index (κ1) is 10.5. The molecule has 0 spiro atoms. The molecule has 1 aliphatic carbocycles. The van der Waals surface area contributed by atoms with Crippen LogP contribution in [0.15, 0.2) is 24.3 Å². The Kier molecular flexibility index (Phi) is 2.12. The van der Waals surface area contributed by atoms with Crippen molar-refractivity contribution in [1.82, 2.24) is 0 Å². The fourth-order valence-electron chi connectivity index (χ4n) is 2.69. The van der Waals surface area contributed by atoms with Gasteiger partial charge in [0.05, 0.1) is 0 Å². The van der Waals surface area contributed by atoms with E-state index in [2.05, 4.69) is 26.0 Å². The molecule has 0 aromatic heterocycles. The van der Waals surface area contributed by atoms with E-state index < -0.39 is 0 Å². The summed E-state index contributed by atoms with van der Waals surface area (Å²) in [5, 5.41) is 0. The Morgan fingerprint density at radius 1 is 0.824 bits per heavy atom. The van der Waals surface area contributed by atoms with Gasteiger partial charge in [0.15, 0.2) is 0 Å². The van der Waals surface area contributed by atoms with Gasteiger partial charge in [0.1, 0.15) is 5.82 Å². The normalized spacial score (nSPS) is 12.5. The lowest BCUT2D eigenvalue weighted by Crippen LogP contribution is -1.92. The predicted octanol–water partition coefficient (Wildman–Crippen LogP) is 4.32. The van der Waals surface area contributed by atoms with Crippen LogP contribution in [0.3, 0.4) is 0 Å². The van der Waals surface area contributed by atoms with Gasteiger partial charge in [0.2, 0.25) is 0 Å². The molecule has 0 saturated carbocycles. The first-order valence-corrected chi connectivity index (χ1v) is 5.97. The third-order valence-corrected chi connectivity index (χ3v) is 3.95. The van der Waals surface area contributed by atoms with Crippen LogP contribution in [-0.4, -0.2) is 0 Å². The summed E-state index contributed by atoms with van der Waals surface area (Å²) in [6.07, 6.45) is 0.742. The van der Waals surface area contributed by atoms with Crippen molar-refractivity contribution in [2.75, 3.05) is 0 Å². The maximum atomic E-state index is 14.1. The van der Waals surface area contributed by atoms with Crippen LogP contribution in [0, 0.1) is 26.6 Å². The molecule has 0 atom stereocenters. The van der Waals surface area contributed by atoms with Crippen molar-refractivity contribution < 1.29 is 4.39 Å². The highest BCUT2D eigenvalue weighted by atomic mass is 19.1. The Bertz CT molecular complexity index is 568. The summed E-state index contributed by atoms with van der Waals surface area (Å²) < 4.78 is 14.1. The Balaban J connectivity index is 2.31. The van der Waals surface area contributed by atoms with Gasteiger partial charge in [-0.25, -0.2) is 4.39 Å². The Hall–Kier alpha value is -1.63. The van der Waals surface area contributed by atoms with Gasteiger partial charge in [-0.2, -0.15) is 0 Å². The van der Waals surface area contributed by atoms with Gasteiger partial charge in [-0.1, -0.05) is 24.3 Å². The van der Waals surface area contributed by atoms with Crippen LogP contribution < -0.4 is 0 Å². The first-order valence-electron chi connectivity index (χ1n) is 5.97. The Labute approximate surface area is 101 Å². The Morgan fingerprint density at radius 2 is 1.41 bits per heavy atom. The topological polar surface area (TPSA) is 0 Å². The van der Waals surface area contributed by atoms with Crippen molar-refractivity contribution in [2.45, 2.75) is 27.2 Å². The van der Waals surface area contributed by atoms with Crippen molar-refractivity contribution in [3.63, 3.8) is 0 Å². The molecular weight excluding hydrogens is 211 g/mol. The number of halogens is 1. The molecule has 86 valence electrons. The smallest absolute Gasteiger partial charge is 0.130 e. The van der Waals surface area contributed by atoms with E-state index in [0.717, 1.165) is 23.1 Å². The molecule has 0 amide bonds. The second-order valence-electron chi connectivity index (χ2n) is 4.93. The molecule has 1 heteroatoms. The van der Waals surface area contributed by atoms with Gasteiger partial charge in [-0.15, -0.1) is 0 Å². The summed E-state index contributed by atoms with van der Waals surface area (Å²) in [4.78, 5) is 0. The van der Waals surface area contributed by atoms with E-state index in [-0.39, 0.29) is 5.82 Å². The zero-order valence-corrected chi connectivity index (χ0v) is 10.4. The summed E-state index contributed by atoms with van der Waals surface area (Å²) in [6.45, 7) is 6.07. The highest BCUT2D eigenvalue weighted by Gasteiger charge is 2.24. The Morgan fingerprint density at radius 3 is 2.12 bits per heavy atom. The van der Waals surface area contributed by atoms with E-state index >= 15 is 0 Å². The molecule has 0 saturated heterocycles. The minimum atomic E-state index is -0.0317. The fourth-order valence-corrected chi connectivity index (χ4v) is 2.69. The van der Waals surface area contributed by atoms with Gasteiger partial charge in [-0.3, -0.25) is 0 Å². The molecule has 2 aromatic rings. The lowest BCUT2D eigenvalue weighted by atomic mass is 9.98. The summed E-state index contributed by atoms with van der Waals surface area (Å²) >= 11 is 0. The molecule has 3 rings (SSSR count). The molecule has 0 fully saturated rings. The van der Waals surface area contributed by atoms with E-state index in [1.165, 1.54) is 22.3 Å². The van der Waals surface area contributed by atoms with E-state index in [1.807, 2.05) is 19.1 Å². The highest BCUT2D eigenvalue weighted by Crippen LogP contribution is 2.40. The average Bonchev–Trinajstić information content (AvgIpc) is 2.69. The average molecular weight is 226 g/mol. The minimum Gasteiger partial charge on any atom is -0.206 e. The van der Waals surface area contributed by atoms with E-state index in [4.69, 9.17) is 0 Å². The van der Waals surface area contributed by atoms with Crippen molar-refractivity contribution in [3.8, 4) is 11.1 Å². The van der Waals surface area contributed by atoms with E-state index in [1.54, 1.807) is 0 Å². The summed E-state index contributed by atoms with van der Waals surface area (Å²) in [7, 11) is 0. The van der Waals surface area contributed by atoms with Crippen LogP contribution in [0.4, 0.5) is 4.39 Å². The number of benzene rings is 2. The lowest BCUT2D eigenvalue weighted by molar-refractivity contribution is 0.607. The maximum Gasteiger partial charge on any atom is 0.130 e. The van der Waals surface area contributed by atoms with Crippen molar-refractivity contribution in [2.24, 2.45) is 0 Å². The molecule has 0 bridgehead atoms. The molecule has 0 heterocycles. The second kappa shape index (κ2) is 3.43. The fraction of sp³-hybridized carbons (Fsp3) is 0.250. The first-order chi connectivity index (χ1) is 8.09. The quantitative estimate of drug-likeness (QED) is 0.535. The van der Waals surface area contributed by atoms with Gasteiger partial charge in [0, 0.05) is 12.0 Å². The number of rotatable bonds is 0. The van der Waals surface area contributed by atoms with Crippen LogP contribution in [0.1, 0.15) is 27.8 Å². The molecule has 17 heavy (non-hydrogen) atoms. The third kappa shape index (κ3) is 1.35. The summed E-state index contributed by atoms with van der Waals surface area (Å²) in [5.41, 5.74) is 7.78. The van der Waals surface area contributed by atoms with Gasteiger partial charge >= 0.3 is 0 Å². The zero-order valence-electron chi connectivity index (χ0n) is 10.4. The molecule has 1 aliphatic rings. The molecule has 0 N–H and O–H groups in total. The van der Waals surface area contributed by atoms with Crippen LogP contribution in [0.5, 0.6) is 0 Å². The number of hydrogen-bond donors (Lipinski definition) is 0. The van der Waals surface area contributed by atoms with Crippen molar-refractivity contribution in [3.05, 3.63) is 57.9 Å². The highest BCUT2D eigenvalue weighted by molar-refractivity contribution is 5.79. The second-order valence-corrected chi connectivity index (χ2v) is 4.93. The van der Waals surface area contributed by atoms with Crippen LogP contribution >= 0.6 is 0 Å². The van der Waals surface area contributed by atoms with E-state index in [9.17, 15) is 4.39 Å². The van der Waals surface area contributed by atoms with Gasteiger partial charge in [-0.05, 0) is 54.2 Å². The van der Waals surface area contributed by atoms with E-state index in [0.29, 0.717) is 0 Å². The monoisotopic (exact) mass is 226 g/mol. The molecule has 0 nitrogen and oxygen atoms in total. The van der Waals surface area contributed by atoms with Crippen molar-refractivity contribution in [1.29, 1.82) is 0 Å². The van der Waals surface area contributed by atoms with Gasteiger partial charge < -0.3 is 0 Å². The predicted molar refractivity (Wildman–Crippen MR) is 68.9 cm³/mol. The number of fused-ring (bicyclic) bond motifs is 3. The number of hydrogen-bond acceptors (Lipinski definition) is 0. The van der Waals surface area contributed by atoms with Crippen LogP contribution in [0.25, 0.3) is 11.1 Å². The van der Waals surface area contributed by atoms with Crippen molar-refractivity contribution >= 4 is 0 Å². The largest absolute Gasteiger partial charge is 0.206 e. The molecule has 0 unspecified atom stereocenters. The third-order valence-electron chi connectivity index (χ3n) is 3.95. The van der Waals surface area contributed by atoms with Crippen LogP contribution in [-0.2, 0) is 6.42 Å². The van der Waals surface area contributed by atoms with Gasteiger partial charge in [0.25, 0.3) is 0 Å². The summed E-state index contributed by atoms with van der Waals surface area (Å²) in [5.74, 6) is -0.0317. The zero-order chi connectivity index (χ0) is 12.2. The maximum absolute atomic E-state index is 14.1.